The molecule has 0 radical (unpaired) electrons. The molecule has 1 amide bonds. The Labute approximate surface area is 117 Å². The van der Waals surface area contributed by atoms with Crippen LogP contribution in [0.15, 0.2) is 11.2 Å². The van der Waals surface area contributed by atoms with E-state index in [1.807, 2.05) is 6.92 Å². The minimum Gasteiger partial charge on any atom is -0.409 e. The second-order valence-corrected chi connectivity index (χ2v) is 5.14. The molecule has 1 aliphatic rings. The van der Waals surface area contributed by atoms with Crippen LogP contribution in [0, 0.1) is 5.92 Å². The smallest absolute Gasteiger partial charge is 0.269 e. The molecule has 0 aliphatic heterocycles. The summed E-state index contributed by atoms with van der Waals surface area (Å²) in [6, 6.07) is 1.71. The van der Waals surface area contributed by atoms with Gasteiger partial charge in [0, 0.05) is 19.0 Å². The number of nitrogens with two attached hydrogens (primary N) is 1. The molecular formula is C13H21N5O2. The molecule has 20 heavy (non-hydrogen) atoms. The predicted molar refractivity (Wildman–Crippen MR) is 74.6 cm³/mol. The van der Waals surface area contributed by atoms with Gasteiger partial charge in [-0.2, -0.15) is 5.10 Å². The van der Waals surface area contributed by atoms with E-state index >= 15 is 0 Å². The van der Waals surface area contributed by atoms with Crippen LogP contribution in [0.2, 0.25) is 0 Å². The lowest BCUT2D eigenvalue weighted by Crippen LogP contribution is -2.42. The average Bonchev–Trinajstić information content (AvgIpc) is 3.04. The van der Waals surface area contributed by atoms with Crippen molar-refractivity contribution < 1.29 is 10.0 Å². The van der Waals surface area contributed by atoms with Gasteiger partial charge in [-0.25, -0.2) is 0 Å². The first-order chi connectivity index (χ1) is 9.56. The molecule has 0 saturated heterocycles. The van der Waals surface area contributed by atoms with Crippen molar-refractivity contribution >= 4 is 11.7 Å². The van der Waals surface area contributed by atoms with Crippen molar-refractivity contribution in [3.63, 3.8) is 0 Å². The third-order valence-corrected chi connectivity index (χ3v) is 3.85. The lowest BCUT2D eigenvalue weighted by Gasteiger charge is -2.19. The number of nitrogens with one attached hydrogen (secondary N) is 1. The van der Waals surface area contributed by atoms with Crippen LogP contribution in [-0.2, 0) is 13.5 Å². The lowest BCUT2D eigenvalue weighted by molar-refractivity contribution is 0.0923. The van der Waals surface area contributed by atoms with Crippen molar-refractivity contribution in [2.75, 3.05) is 0 Å². The van der Waals surface area contributed by atoms with Crippen LogP contribution in [0.3, 0.4) is 0 Å². The molecule has 0 aromatic carbocycles. The zero-order chi connectivity index (χ0) is 14.7. The highest BCUT2D eigenvalue weighted by atomic mass is 16.4. The summed E-state index contributed by atoms with van der Waals surface area (Å²) >= 11 is 0. The molecule has 0 spiro atoms. The van der Waals surface area contributed by atoms with Gasteiger partial charge in [-0.3, -0.25) is 9.48 Å². The summed E-state index contributed by atoms with van der Waals surface area (Å²) < 4.78 is 1.58. The van der Waals surface area contributed by atoms with Gasteiger partial charge in [0.15, 0.2) is 0 Å². The second kappa shape index (κ2) is 5.94. The van der Waals surface area contributed by atoms with Crippen molar-refractivity contribution in [3.8, 4) is 0 Å². The molecule has 1 saturated carbocycles. The van der Waals surface area contributed by atoms with Gasteiger partial charge in [0.05, 0.1) is 5.69 Å². The van der Waals surface area contributed by atoms with Gasteiger partial charge in [-0.1, -0.05) is 18.5 Å². The van der Waals surface area contributed by atoms with Crippen LogP contribution < -0.4 is 11.1 Å². The van der Waals surface area contributed by atoms with E-state index in [4.69, 9.17) is 10.9 Å². The number of nitrogens with zero attached hydrogens (tertiary/aromatic N) is 3. The van der Waals surface area contributed by atoms with Crippen molar-refractivity contribution in [1.82, 2.24) is 15.1 Å². The monoisotopic (exact) mass is 279 g/mol. The number of carbonyl (C=O) groups is 1. The maximum absolute atomic E-state index is 12.3. The summed E-state index contributed by atoms with van der Waals surface area (Å²) in [4.78, 5) is 12.3. The Hall–Kier alpha value is -2.05. The first kappa shape index (κ1) is 14.4. The van der Waals surface area contributed by atoms with Gasteiger partial charge < -0.3 is 16.3 Å². The number of aryl methyl sites for hydroxylation is 2. The first-order valence-corrected chi connectivity index (χ1v) is 6.88. The van der Waals surface area contributed by atoms with E-state index in [2.05, 4.69) is 15.6 Å². The SMILES string of the molecule is CCc1cc(C(=O)NC2CCCC2C(N)=NO)n(C)n1. The van der Waals surface area contributed by atoms with Crippen molar-refractivity contribution in [2.24, 2.45) is 23.9 Å². The summed E-state index contributed by atoms with van der Waals surface area (Å²) in [5.41, 5.74) is 7.09. The third-order valence-electron chi connectivity index (χ3n) is 3.85. The van der Waals surface area contributed by atoms with Crippen molar-refractivity contribution in [1.29, 1.82) is 0 Å². The van der Waals surface area contributed by atoms with Gasteiger partial charge in [0.1, 0.15) is 11.5 Å². The zero-order valence-electron chi connectivity index (χ0n) is 11.8. The number of aromatic nitrogens is 2. The molecule has 2 atom stereocenters. The van der Waals surface area contributed by atoms with E-state index in [9.17, 15) is 4.79 Å². The highest BCUT2D eigenvalue weighted by Gasteiger charge is 2.32. The Morgan fingerprint density at radius 1 is 1.65 bits per heavy atom. The summed E-state index contributed by atoms with van der Waals surface area (Å²) in [5, 5.41) is 19.1. The molecule has 7 heteroatoms. The molecule has 1 aliphatic carbocycles. The number of oxime groups is 1. The van der Waals surface area contributed by atoms with Crippen molar-refractivity contribution in [2.45, 2.75) is 38.6 Å². The normalized spacial score (nSPS) is 23.0. The van der Waals surface area contributed by atoms with E-state index in [1.54, 1.807) is 17.8 Å². The topological polar surface area (TPSA) is 106 Å². The van der Waals surface area contributed by atoms with E-state index in [-0.39, 0.29) is 23.7 Å². The number of carbonyl (C=O) groups excluding carboxylic acids is 1. The summed E-state index contributed by atoms with van der Waals surface area (Å²) in [6.07, 6.45) is 3.41. The standard InChI is InChI=1S/C13H21N5O2/c1-3-8-7-11(18(2)16-8)13(19)15-10-6-4-5-9(10)12(14)17-20/h7,9-10,20H,3-6H2,1-2H3,(H2,14,17)(H,15,19). The Morgan fingerprint density at radius 2 is 2.40 bits per heavy atom. The molecule has 1 heterocycles. The maximum atomic E-state index is 12.3. The van der Waals surface area contributed by atoms with E-state index in [0.717, 1.165) is 31.4 Å². The molecule has 0 bridgehead atoms. The minimum atomic E-state index is -0.165. The Bertz CT molecular complexity index is 523. The van der Waals surface area contributed by atoms with Crippen LogP contribution in [0.4, 0.5) is 0 Å². The van der Waals surface area contributed by atoms with Crippen LogP contribution >= 0.6 is 0 Å². The number of hydrogen-bond donors (Lipinski definition) is 3. The third kappa shape index (κ3) is 2.76. The van der Waals surface area contributed by atoms with Crippen LogP contribution in [0.5, 0.6) is 0 Å². The van der Waals surface area contributed by atoms with Crippen LogP contribution in [0.1, 0.15) is 42.4 Å². The number of rotatable bonds is 4. The first-order valence-electron chi connectivity index (χ1n) is 6.88. The Balaban J connectivity index is 2.09. The van der Waals surface area contributed by atoms with Crippen LogP contribution in [-0.4, -0.2) is 32.8 Å². The molecule has 110 valence electrons. The molecule has 1 aromatic heterocycles. The molecule has 4 N–H and O–H groups in total. The molecule has 1 fully saturated rings. The Kier molecular flexibility index (Phi) is 4.26. The van der Waals surface area contributed by atoms with E-state index in [0.29, 0.717) is 5.69 Å². The minimum absolute atomic E-state index is 0.0848. The van der Waals surface area contributed by atoms with Gasteiger partial charge in [-0.15, -0.1) is 0 Å². The lowest BCUT2D eigenvalue weighted by atomic mass is 10.0. The van der Waals surface area contributed by atoms with Gasteiger partial charge in [0.2, 0.25) is 0 Å². The van der Waals surface area contributed by atoms with Crippen LogP contribution in [0.25, 0.3) is 0 Å². The largest absolute Gasteiger partial charge is 0.409 e. The number of amides is 1. The fourth-order valence-corrected chi connectivity index (χ4v) is 2.72. The van der Waals surface area contributed by atoms with Gasteiger partial charge in [-0.05, 0) is 25.3 Å². The number of hydrogen-bond acceptors (Lipinski definition) is 4. The summed E-state index contributed by atoms with van der Waals surface area (Å²) in [5.74, 6) is -0.0720. The average molecular weight is 279 g/mol. The van der Waals surface area contributed by atoms with Gasteiger partial charge in [0.25, 0.3) is 5.91 Å². The fourth-order valence-electron chi connectivity index (χ4n) is 2.72. The van der Waals surface area contributed by atoms with E-state index in [1.165, 1.54) is 0 Å². The summed E-state index contributed by atoms with van der Waals surface area (Å²) in [7, 11) is 1.75. The molecule has 2 rings (SSSR count). The van der Waals surface area contributed by atoms with Crippen molar-refractivity contribution in [3.05, 3.63) is 17.5 Å². The molecule has 1 aromatic rings. The fraction of sp³-hybridized carbons (Fsp3) is 0.615. The highest BCUT2D eigenvalue weighted by Crippen LogP contribution is 2.26. The highest BCUT2D eigenvalue weighted by molar-refractivity contribution is 5.93. The quantitative estimate of drug-likeness (QED) is 0.325. The zero-order valence-corrected chi connectivity index (χ0v) is 11.8. The summed E-state index contributed by atoms with van der Waals surface area (Å²) in [6.45, 7) is 2.00. The van der Waals surface area contributed by atoms with E-state index < -0.39 is 0 Å². The molecular weight excluding hydrogens is 258 g/mol. The predicted octanol–water partition coefficient (Wildman–Crippen LogP) is 0.627. The maximum Gasteiger partial charge on any atom is 0.269 e. The molecule has 7 nitrogen and oxygen atoms in total. The Morgan fingerprint density at radius 3 is 3.00 bits per heavy atom. The van der Waals surface area contributed by atoms with Gasteiger partial charge >= 0.3 is 0 Å². The number of amidine groups is 1. The molecule has 2 unspecified atom stereocenters. The second-order valence-electron chi connectivity index (χ2n) is 5.14.